The van der Waals surface area contributed by atoms with Crippen LogP contribution in [0.5, 0.6) is 0 Å². The minimum absolute atomic E-state index is 0.0797. The number of ketones is 1. The van der Waals surface area contributed by atoms with E-state index in [4.69, 9.17) is 0 Å². The summed E-state index contributed by atoms with van der Waals surface area (Å²) in [5.74, 6) is -3.11. The Kier molecular flexibility index (Phi) is 3.23. The van der Waals surface area contributed by atoms with Crippen molar-refractivity contribution in [1.29, 1.82) is 0 Å². The highest BCUT2D eigenvalue weighted by molar-refractivity contribution is 7.99. The Morgan fingerprint density at radius 2 is 1.88 bits per heavy atom. The van der Waals surface area contributed by atoms with E-state index in [1.807, 2.05) is 0 Å². The van der Waals surface area contributed by atoms with Crippen LogP contribution in [0.1, 0.15) is 16.8 Å². The molecule has 1 nitrogen and oxygen atoms in total. The molecule has 0 amide bonds. The van der Waals surface area contributed by atoms with Crippen molar-refractivity contribution in [3.8, 4) is 0 Å². The van der Waals surface area contributed by atoms with Gasteiger partial charge in [-0.05, 0) is 24.3 Å². The lowest BCUT2D eigenvalue weighted by Crippen LogP contribution is -2.14. The summed E-state index contributed by atoms with van der Waals surface area (Å²) < 4.78 is 38.5. The summed E-state index contributed by atoms with van der Waals surface area (Å²) in [5, 5.41) is 0. The van der Waals surface area contributed by atoms with Crippen LogP contribution in [0.3, 0.4) is 0 Å². The predicted molar refractivity (Wildman–Crippen MR) is 56.1 cm³/mol. The zero-order chi connectivity index (χ0) is 11.7. The lowest BCUT2D eigenvalue weighted by atomic mass is 9.97. The summed E-state index contributed by atoms with van der Waals surface area (Å²) in [6, 6.07) is 1.54. The Morgan fingerprint density at radius 3 is 2.38 bits per heavy atom. The van der Waals surface area contributed by atoms with E-state index in [0.29, 0.717) is 12.2 Å². The van der Waals surface area contributed by atoms with Crippen LogP contribution in [-0.4, -0.2) is 17.3 Å². The van der Waals surface area contributed by atoms with Crippen molar-refractivity contribution >= 4 is 17.5 Å². The average Bonchev–Trinajstić information content (AvgIpc) is 2.77. The zero-order valence-electron chi connectivity index (χ0n) is 8.30. The molecule has 1 aromatic rings. The van der Waals surface area contributed by atoms with Crippen molar-refractivity contribution in [2.45, 2.75) is 6.42 Å². The molecule has 0 bridgehead atoms. The van der Waals surface area contributed by atoms with Crippen LogP contribution in [0.2, 0.25) is 0 Å². The van der Waals surface area contributed by atoms with Crippen molar-refractivity contribution in [2.24, 2.45) is 5.92 Å². The van der Waals surface area contributed by atoms with Crippen LogP contribution in [0.15, 0.2) is 12.1 Å². The number of carbonyl (C=O) groups is 1. The number of carbonyl (C=O) groups excluding carboxylic acids is 1. The minimum Gasteiger partial charge on any atom is -0.294 e. The normalized spacial score (nSPS) is 20.1. The van der Waals surface area contributed by atoms with Crippen molar-refractivity contribution < 1.29 is 18.0 Å². The molecule has 0 aliphatic carbocycles. The first-order valence-electron chi connectivity index (χ1n) is 4.86. The lowest BCUT2D eigenvalue weighted by Gasteiger charge is -2.07. The fourth-order valence-corrected chi connectivity index (χ4v) is 2.90. The molecule has 0 saturated carbocycles. The third-order valence-electron chi connectivity index (χ3n) is 2.57. The smallest absolute Gasteiger partial charge is 0.194 e. The molecule has 1 aliphatic heterocycles. The average molecular weight is 246 g/mol. The molecule has 2 rings (SSSR count). The molecular weight excluding hydrogens is 237 g/mol. The highest BCUT2D eigenvalue weighted by Crippen LogP contribution is 2.27. The fourth-order valence-electron chi connectivity index (χ4n) is 1.67. The summed E-state index contributed by atoms with van der Waals surface area (Å²) in [5.41, 5.74) is -0.0797. The van der Waals surface area contributed by atoms with Gasteiger partial charge in [-0.3, -0.25) is 4.79 Å². The fraction of sp³-hybridized carbons (Fsp3) is 0.364. The monoisotopic (exact) mass is 246 g/mol. The van der Waals surface area contributed by atoms with Gasteiger partial charge in [0, 0.05) is 17.2 Å². The molecule has 0 N–H and O–H groups in total. The number of Topliss-reactive ketones (excluding diaryl/α,β-unsaturated/α-hetero) is 1. The zero-order valence-corrected chi connectivity index (χ0v) is 9.12. The molecule has 0 radical (unpaired) electrons. The van der Waals surface area contributed by atoms with Gasteiger partial charge in [0.25, 0.3) is 0 Å². The Hall–Kier alpha value is -0.970. The number of halogens is 3. The molecule has 1 atom stereocenters. The molecule has 1 aromatic carbocycles. The van der Waals surface area contributed by atoms with Gasteiger partial charge in [0.05, 0.1) is 0 Å². The number of hydrogen-bond acceptors (Lipinski definition) is 2. The number of benzene rings is 1. The van der Waals surface area contributed by atoms with E-state index in [2.05, 4.69) is 0 Å². The molecule has 1 heterocycles. The molecular formula is C11H9F3OS. The molecule has 5 heteroatoms. The standard InChI is InChI=1S/C11H9F3OS/c12-8-3-7(4-9(13)10(8)14)11(15)6-1-2-16-5-6/h3-4,6H,1-2,5H2. The maximum absolute atomic E-state index is 12.9. The van der Waals surface area contributed by atoms with Crippen molar-refractivity contribution in [3.05, 3.63) is 35.1 Å². The molecule has 1 aliphatic rings. The summed E-state index contributed by atoms with van der Waals surface area (Å²) in [6.45, 7) is 0. The topological polar surface area (TPSA) is 17.1 Å². The Balaban J connectivity index is 2.29. The van der Waals surface area contributed by atoms with E-state index >= 15 is 0 Å². The van der Waals surface area contributed by atoms with Gasteiger partial charge in [-0.25, -0.2) is 13.2 Å². The van der Waals surface area contributed by atoms with Gasteiger partial charge in [0.1, 0.15) is 0 Å². The van der Waals surface area contributed by atoms with Gasteiger partial charge in [-0.2, -0.15) is 11.8 Å². The van der Waals surface area contributed by atoms with E-state index in [0.717, 1.165) is 17.9 Å². The minimum atomic E-state index is -1.53. The maximum Gasteiger partial charge on any atom is 0.194 e. The van der Waals surface area contributed by atoms with Crippen LogP contribution in [-0.2, 0) is 0 Å². The first-order chi connectivity index (χ1) is 7.59. The molecule has 1 unspecified atom stereocenters. The van der Waals surface area contributed by atoms with E-state index in [1.54, 1.807) is 11.8 Å². The van der Waals surface area contributed by atoms with Gasteiger partial charge >= 0.3 is 0 Å². The highest BCUT2D eigenvalue weighted by atomic mass is 32.2. The van der Waals surface area contributed by atoms with Crippen molar-refractivity contribution in [1.82, 2.24) is 0 Å². The summed E-state index contributed by atoms with van der Waals surface area (Å²) in [4.78, 5) is 11.8. The van der Waals surface area contributed by atoms with Crippen LogP contribution >= 0.6 is 11.8 Å². The van der Waals surface area contributed by atoms with Gasteiger partial charge in [-0.15, -0.1) is 0 Å². The summed E-state index contributed by atoms with van der Waals surface area (Å²) >= 11 is 1.63. The second-order valence-electron chi connectivity index (χ2n) is 3.68. The lowest BCUT2D eigenvalue weighted by molar-refractivity contribution is 0.0932. The van der Waals surface area contributed by atoms with Crippen molar-refractivity contribution in [2.75, 3.05) is 11.5 Å². The number of hydrogen-bond donors (Lipinski definition) is 0. The maximum atomic E-state index is 12.9. The first kappa shape index (κ1) is 11.5. The van der Waals surface area contributed by atoms with Crippen molar-refractivity contribution in [3.63, 3.8) is 0 Å². The highest BCUT2D eigenvalue weighted by Gasteiger charge is 2.25. The van der Waals surface area contributed by atoms with Crippen LogP contribution in [0.25, 0.3) is 0 Å². The molecule has 1 saturated heterocycles. The summed E-state index contributed by atoms with van der Waals surface area (Å²) in [6.07, 6.45) is 0.712. The second kappa shape index (κ2) is 4.49. The largest absolute Gasteiger partial charge is 0.294 e. The second-order valence-corrected chi connectivity index (χ2v) is 4.83. The third-order valence-corrected chi connectivity index (χ3v) is 3.73. The van der Waals surface area contributed by atoms with Gasteiger partial charge < -0.3 is 0 Å². The Morgan fingerprint density at radius 1 is 1.25 bits per heavy atom. The van der Waals surface area contributed by atoms with Gasteiger partial charge in [0.2, 0.25) is 0 Å². The van der Waals surface area contributed by atoms with Crippen LogP contribution < -0.4 is 0 Å². The molecule has 1 fully saturated rings. The van der Waals surface area contributed by atoms with E-state index in [-0.39, 0.29) is 17.3 Å². The number of rotatable bonds is 2. The van der Waals surface area contributed by atoms with E-state index < -0.39 is 17.5 Å². The van der Waals surface area contributed by atoms with Gasteiger partial charge in [0.15, 0.2) is 23.2 Å². The Labute approximate surface area is 95.0 Å². The third kappa shape index (κ3) is 2.09. The molecule has 0 aromatic heterocycles. The van der Waals surface area contributed by atoms with Crippen LogP contribution in [0.4, 0.5) is 13.2 Å². The van der Waals surface area contributed by atoms with Gasteiger partial charge in [-0.1, -0.05) is 0 Å². The van der Waals surface area contributed by atoms with E-state index in [1.165, 1.54) is 0 Å². The predicted octanol–water partition coefficient (Wildman–Crippen LogP) is 3.04. The first-order valence-corrected chi connectivity index (χ1v) is 6.01. The quantitative estimate of drug-likeness (QED) is 0.589. The summed E-state index contributed by atoms with van der Waals surface area (Å²) in [7, 11) is 0. The SMILES string of the molecule is O=C(c1cc(F)c(F)c(F)c1)C1CCSC1. The molecule has 86 valence electrons. The van der Waals surface area contributed by atoms with E-state index in [9.17, 15) is 18.0 Å². The number of thioether (sulfide) groups is 1. The molecule has 0 spiro atoms. The Bertz CT molecular complexity index is 404. The van der Waals surface area contributed by atoms with Crippen LogP contribution in [0, 0.1) is 23.4 Å². The molecule has 16 heavy (non-hydrogen) atoms.